The Morgan fingerprint density at radius 2 is 2.21 bits per heavy atom. The maximum Gasteiger partial charge on any atom is 0.192 e. The van der Waals surface area contributed by atoms with Crippen molar-refractivity contribution >= 4 is 41.3 Å². The van der Waals surface area contributed by atoms with Gasteiger partial charge in [-0.05, 0) is 45.7 Å². The molecule has 2 heterocycles. The Morgan fingerprint density at radius 1 is 1.46 bits per heavy atom. The van der Waals surface area contributed by atoms with Crippen LogP contribution in [-0.2, 0) is 6.54 Å². The predicted octanol–water partition coefficient (Wildman–Crippen LogP) is 2.47. The highest BCUT2D eigenvalue weighted by atomic mass is 127. The Morgan fingerprint density at radius 3 is 2.79 bits per heavy atom. The first-order valence-corrected chi connectivity index (χ1v) is 9.18. The van der Waals surface area contributed by atoms with Gasteiger partial charge in [0.1, 0.15) is 0 Å². The average Bonchev–Trinajstić information content (AvgIpc) is 2.96. The standard InChI is InChI=1S/C17H27N5S.HI/c1-4-8-19-17(18-5-2)20-11-15-6-9-22(10-7-15)12-16-13-23-14(3)21-16;/h1,13,15H,5-12H2,2-3H3,(H2,18,19,20);1H. The number of nitrogens with one attached hydrogen (secondary N) is 2. The van der Waals surface area contributed by atoms with Crippen molar-refractivity contribution in [2.75, 3.05) is 32.7 Å². The molecule has 1 fully saturated rings. The summed E-state index contributed by atoms with van der Waals surface area (Å²) in [4.78, 5) is 11.7. The third kappa shape index (κ3) is 7.36. The van der Waals surface area contributed by atoms with Gasteiger partial charge < -0.3 is 10.6 Å². The van der Waals surface area contributed by atoms with E-state index >= 15 is 0 Å². The molecular weight excluding hydrogens is 433 g/mol. The number of aromatic nitrogens is 1. The summed E-state index contributed by atoms with van der Waals surface area (Å²) in [6.45, 7) is 9.59. The molecule has 0 radical (unpaired) electrons. The molecule has 0 amide bonds. The fourth-order valence-electron chi connectivity index (χ4n) is 2.73. The summed E-state index contributed by atoms with van der Waals surface area (Å²) >= 11 is 1.73. The fourth-order valence-corrected chi connectivity index (χ4v) is 3.34. The molecule has 0 saturated carbocycles. The number of hydrogen-bond acceptors (Lipinski definition) is 4. The third-order valence-corrected chi connectivity index (χ3v) is 4.79. The minimum absolute atomic E-state index is 0. The smallest absolute Gasteiger partial charge is 0.192 e. The maximum atomic E-state index is 5.29. The SMILES string of the molecule is C#CCNC(=NCC1CCN(Cc2csc(C)n2)CC1)NCC.I. The molecule has 1 aromatic rings. The van der Waals surface area contributed by atoms with Gasteiger partial charge in [-0.2, -0.15) is 0 Å². The van der Waals surface area contributed by atoms with Crippen LogP contribution < -0.4 is 10.6 Å². The number of nitrogens with zero attached hydrogens (tertiary/aromatic N) is 3. The average molecular weight is 461 g/mol. The molecule has 0 aromatic carbocycles. The van der Waals surface area contributed by atoms with Crippen molar-refractivity contribution in [3.8, 4) is 12.3 Å². The molecule has 0 bridgehead atoms. The van der Waals surface area contributed by atoms with Crippen LogP contribution in [0.15, 0.2) is 10.4 Å². The second-order valence-corrected chi connectivity index (χ2v) is 6.92. The van der Waals surface area contributed by atoms with E-state index in [0.717, 1.165) is 43.7 Å². The van der Waals surface area contributed by atoms with E-state index in [1.165, 1.54) is 18.5 Å². The topological polar surface area (TPSA) is 52.6 Å². The second kappa shape index (κ2) is 11.7. The van der Waals surface area contributed by atoms with E-state index in [0.29, 0.717) is 12.5 Å². The van der Waals surface area contributed by atoms with E-state index in [4.69, 9.17) is 6.42 Å². The number of likely N-dealkylation sites (tertiary alicyclic amines) is 1. The van der Waals surface area contributed by atoms with Crippen molar-refractivity contribution in [1.82, 2.24) is 20.5 Å². The quantitative estimate of drug-likeness (QED) is 0.296. The molecule has 0 spiro atoms. The maximum absolute atomic E-state index is 5.29. The van der Waals surface area contributed by atoms with E-state index < -0.39 is 0 Å². The Kier molecular flexibility index (Phi) is 10.3. The van der Waals surface area contributed by atoms with Crippen LogP contribution in [0.1, 0.15) is 30.5 Å². The second-order valence-electron chi connectivity index (χ2n) is 5.85. The first-order chi connectivity index (χ1) is 11.2. The Bertz CT molecular complexity index is 543. The van der Waals surface area contributed by atoms with E-state index in [1.54, 1.807) is 11.3 Å². The van der Waals surface area contributed by atoms with Crippen LogP contribution in [0, 0.1) is 25.2 Å². The predicted molar refractivity (Wildman–Crippen MR) is 113 cm³/mol. The Hall–Kier alpha value is -0.850. The van der Waals surface area contributed by atoms with E-state index in [9.17, 15) is 0 Å². The number of terminal acetylenes is 1. The van der Waals surface area contributed by atoms with Gasteiger partial charge in [-0.3, -0.25) is 9.89 Å². The molecule has 0 aliphatic carbocycles. The molecule has 1 aliphatic rings. The van der Waals surface area contributed by atoms with Crippen molar-refractivity contribution in [2.45, 2.75) is 33.2 Å². The number of hydrogen-bond donors (Lipinski definition) is 2. The monoisotopic (exact) mass is 461 g/mol. The molecule has 5 nitrogen and oxygen atoms in total. The first kappa shape index (κ1) is 21.2. The van der Waals surface area contributed by atoms with Gasteiger partial charge in [0.25, 0.3) is 0 Å². The molecule has 2 N–H and O–H groups in total. The van der Waals surface area contributed by atoms with Gasteiger partial charge in [0.05, 0.1) is 17.2 Å². The van der Waals surface area contributed by atoms with Crippen molar-refractivity contribution in [3.63, 3.8) is 0 Å². The lowest BCUT2D eigenvalue weighted by molar-refractivity contribution is 0.179. The van der Waals surface area contributed by atoms with Crippen molar-refractivity contribution in [1.29, 1.82) is 0 Å². The van der Waals surface area contributed by atoms with Gasteiger partial charge in [-0.1, -0.05) is 5.92 Å². The van der Waals surface area contributed by atoms with Crippen LogP contribution in [0.25, 0.3) is 0 Å². The van der Waals surface area contributed by atoms with Crippen LogP contribution in [0.5, 0.6) is 0 Å². The lowest BCUT2D eigenvalue weighted by atomic mass is 9.97. The molecule has 24 heavy (non-hydrogen) atoms. The number of guanidine groups is 1. The van der Waals surface area contributed by atoms with Gasteiger partial charge >= 0.3 is 0 Å². The molecule has 134 valence electrons. The summed E-state index contributed by atoms with van der Waals surface area (Å²) in [5, 5.41) is 9.69. The number of aryl methyl sites for hydroxylation is 1. The molecule has 2 rings (SSSR count). The Balaban J connectivity index is 0.00000288. The summed E-state index contributed by atoms with van der Waals surface area (Å²) < 4.78 is 0. The lowest BCUT2D eigenvalue weighted by Gasteiger charge is -2.30. The van der Waals surface area contributed by atoms with E-state index in [2.05, 4.69) is 50.7 Å². The van der Waals surface area contributed by atoms with Crippen LogP contribution in [0.3, 0.4) is 0 Å². The van der Waals surface area contributed by atoms with Crippen LogP contribution in [-0.4, -0.2) is 48.6 Å². The number of rotatable bonds is 6. The van der Waals surface area contributed by atoms with E-state index in [-0.39, 0.29) is 24.0 Å². The largest absolute Gasteiger partial charge is 0.357 e. The summed E-state index contributed by atoms with van der Waals surface area (Å²) in [6, 6.07) is 0. The molecule has 0 atom stereocenters. The summed E-state index contributed by atoms with van der Waals surface area (Å²) in [6.07, 6.45) is 7.68. The molecule has 1 aromatic heterocycles. The lowest BCUT2D eigenvalue weighted by Crippen LogP contribution is -2.38. The number of thiazole rings is 1. The van der Waals surface area contributed by atoms with Crippen LogP contribution in [0.4, 0.5) is 0 Å². The highest BCUT2D eigenvalue weighted by Gasteiger charge is 2.19. The molecule has 7 heteroatoms. The zero-order chi connectivity index (χ0) is 16.5. The summed E-state index contributed by atoms with van der Waals surface area (Å²) in [5.41, 5.74) is 1.21. The van der Waals surface area contributed by atoms with Crippen molar-refractivity contribution < 1.29 is 0 Å². The first-order valence-electron chi connectivity index (χ1n) is 8.30. The molecule has 0 unspecified atom stereocenters. The van der Waals surface area contributed by atoms with Crippen LogP contribution in [0.2, 0.25) is 0 Å². The normalized spacial score (nSPS) is 16.3. The Labute approximate surface area is 166 Å². The number of piperidine rings is 1. The van der Waals surface area contributed by atoms with Crippen molar-refractivity contribution in [3.05, 3.63) is 16.1 Å². The highest BCUT2D eigenvalue weighted by Crippen LogP contribution is 2.20. The van der Waals surface area contributed by atoms with Gasteiger partial charge in [-0.25, -0.2) is 4.98 Å². The van der Waals surface area contributed by atoms with Crippen molar-refractivity contribution in [2.24, 2.45) is 10.9 Å². The van der Waals surface area contributed by atoms with E-state index in [1.807, 2.05) is 0 Å². The minimum Gasteiger partial charge on any atom is -0.357 e. The number of halogens is 1. The van der Waals surface area contributed by atoms with Crippen LogP contribution >= 0.6 is 35.3 Å². The zero-order valence-electron chi connectivity index (χ0n) is 14.5. The molecule has 1 saturated heterocycles. The summed E-state index contributed by atoms with van der Waals surface area (Å²) in [7, 11) is 0. The van der Waals surface area contributed by atoms with Gasteiger partial charge in [-0.15, -0.1) is 41.7 Å². The number of aliphatic imine (C=N–C) groups is 1. The summed E-state index contributed by atoms with van der Waals surface area (Å²) in [5.74, 6) is 4.06. The van der Waals surface area contributed by atoms with Gasteiger partial charge in [0.15, 0.2) is 5.96 Å². The highest BCUT2D eigenvalue weighted by molar-refractivity contribution is 14.0. The molecular formula is C17H28IN5S. The third-order valence-electron chi connectivity index (χ3n) is 3.97. The zero-order valence-corrected chi connectivity index (χ0v) is 17.7. The van der Waals surface area contributed by atoms with Gasteiger partial charge in [0, 0.05) is 25.0 Å². The minimum atomic E-state index is 0. The fraction of sp³-hybridized carbons (Fsp3) is 0.647. The molecule has 1 aliphatic heterocycles. The van der Waals surface area contributed by atoms with Gasteiger partial charge in [0.2, 0.25) is 0 Å².